The van der Waals surface area contributed by atoms with Crippen LogP contribution in [0.2, 0.25) is 0 Å². The monoisotopic (exact) mass is 357 g/mol. The van der Waals surface area contributed by atoms with Crippen LogP contribution in [0.3, 0.4) is 0 Å². The zero-order valence-corrected chi connectivity index (χ0v) is 15.8. The molecule has 1 N–H and O–H groups in total. The first-order chi connectivity index (χ1) is 12.7. The lowest BCUT2D eigenvalue weighted by Gasteiger charge is -2.41. The largest absolute Gasteiger partial charge is 0.375 e. The fraction of sp³-hybridized carbons (Fsp3) is 0.667. The van der Waals surface area contributed by atoms with E-state index in [9.17, 15) is 4.79 Å². The van der Waals surface area contributed by atoms with Crippen LogP contribution >= 0.6 is 0 Å². The Hall–Kier alpha value is -1.43. The van der Waals surface area contributed by atoms with Gasteiger partial charge in [0, 0.05) is 38.1 Å². The van der Waals surface area contributed by atoms with Crippen LogP contribution in [-0.4, -0.2) is 67.2 Å². The lowest BCUT2D eigenvalue weighted by Crippen LogP contribution is -2.56. The SMILES string of the molecule is C[C@H]1OCCN[C@@H]1C(=O)N1CCC2(CCCN(Cc3ccccc3)C2)C1. The summed E-state index contributed by atoms with van der Waals surface area (Å²) < 4.78 is 5.67. The molecule has 1 aromatic rings. The summed E-state index contributed by atoms with van der Waals surface area (Å²) in [5.41, 5.74) is 1.66. The van der Waals surface area contributed by atoms with Gasteiger partial charge in [0.1, 0.15) is 6.04 Å². The van der Waals surface area contributed by atoms with Crippen LogP contribution in [0.1, 0.15) is 31.7 Å². The maximum absolute atomic E-state index is 13.0. The molecule has 4 rings (SSSR count). The average molecular weight is 357 g/mol. The van der Waals surface area contributed by atoms with Gasteiger partial charge in [0.2, 0.25) is 5.91 Å². The second kappa shape index (κ2) is 7.67. The molecule has 5 heteroatoms. The Labute approximate surface area is 156 Å². The molecule has 1 amide bonds. The molecule has 1 aromatic carbocycles. The molecule has 0 aromatic heterocycles. The summed E-state index contributed by atoms with van der Waals surface area (Å²) in [6, 6.07) is 10.6. The quantitative estimate of drug-likeness (QED) is 0.897. The first kappa shape index (κ1) is 18.0. The van der Waals surface area contributed by atoms with Gasteiger partial charge in [-0.05, 0) is 38.3 Å². The van der Waals surface area contributed by atoms with E-state index in [1.807, 2.05) is 6.92 Å². The van der Waals surface area contributed by atoms with E-state index in [1.165, 1.54) is 24.9 Å². The van der Waals surface area contributed by atoms with Gasteiger partial charge < -0.3 is 15.0 Å². The molecule has 3 saturated heterocycles. The van der Waals surface area contributed by atoms with Gasteiger partial charge >= 0.3 is 0 Å². The number of morpholine rings is 1. The smallest absolute Gasteiger partial charge is 0.242 e. The van der Waals surface area contributed by atoms with Gasteiger partial charge in [-0.3, -0.25) is 9.69 Å². The fourth-order valence-electron chi connectivity index (χ4n) is 4.95. The molecular formula is C21H31N3O2. The first-order valence-electron chi connectivity index (χ1n) is 10.1. The van der Waals surface area contributed by atoms with Crippen molar-refractivity contribution in [3.05, 3.63) is 35.9 Å². The number of amides is 1. The standard InChI is InChI=1S/C21H31N3O2/c1-17-19(22-10-13-26-17)20(25)24-12-9-21(16-24)8-5-11-23(15-21)14-18-6-3-2-4-7-18/h2-4,6-7,17,19,22H,5,8-16H2,1H3/t17-,19+,21?/m1/s1. The average Bonchev–Trinajstić information content (AvgIpc) is 3.06. The second-order valence-corrected chi connectivity index (χ2v) is 8.32. The van der Waals surface area contributed by atoms with Crippen molar-refractivity contribution in [2.75, 3.05) is 39.3 Å². The summed E-state index contributed by atoms with van der Waals surface area (Å²) in [5, 5.41) is 3.35. The third-order valence-electron chi connectivity index (χ3n) is 6.32. The number of ether oxygens (including phenoxy) is 1. The Morgan fingerprint density at radius 3 is 2.88 bits per heavy atom. The van der Waals surface area contributed by atoms with Gasteiger partial charge in [-0.15, -0.1) is 0 Å². The molecule has 142 valence electrons. The molecule has 0 bridgehead atoms. The molecule has 1 spiro atoms. The molecule has 3 atom stereocenters. The van der Waals surface area contributed by atoms with Crippen LogP contribution < -0.4 is 5.32 Å². The van der Waals surface area contributed by atoms with E-state index in [0.29, 0.717) is 6.61 Å². The lowest BCUT2D eigenvalue weighted by atomic mass is 9.79. The van der Waals surface area contributed by atoms with E-state index in [4.69, 9.17) is 4.74 Å². The van der Waals surface area contributed by atoms with Crippen molar-refractivity contribution >= 4 is 5.91 Å². The summed E-state index contributed by atoms with van der Waals surface area (Å²) in [6.07, 6.45) is 3.57. The maximum atomic E-state index is 13.0. The number of hydrogen-bond acceptors (Lipinski definition) is 4. The van der Waals surface area contributed by atoms with Crippen LogP contribution in [0.4, 0.5) is 0 Å². The van der Waals surface area contributed by atoms with Crippen molar-refractivity contribution in [2.45, 2.75) is 44.9 Å². The fourth-order valence-corrected chi connectivity index (χ4v) is 4.95. The van der Waals surface area contributed by atoms with Crippen molar-refractivity contribution in [1.82, 2.24) is 15.1 Å². The van der Waals surface area contributed by atoms with Crippen LogP contribution in [0.5, 0.6) is 0 Å². The third-order valence-corrected chi connectivity index (χ3v) is 6.32. The minimum Gasteiger partial charge on any atom is -0.375 e. The van der Waals surface area contributed by atoms with Crippen molar-refractivity contribution < 1.29 is 9.53 Å². The molecule has 0 saturated carbocycles. The van der Waals surface area contributed by atoms with Crippen molar-refractivity contribution in [3.63, 3.8) is 0 Å². The number of nitrogens with one attached hydrogen (secondary N) is 1. The van der Waals surface area contributed by atoms with E-state index in [0.717, 1.165) is 39.1 Å². The van der Waals surface area contributed by atoms with Gasteiger partial charge in [0.25, 0.3) is 0 Å². The number of likely N-dealkylation sites (tertiary alicyclic amines) is 2. The highest BCUT2D eigenvalue weighted by Crippen LogP contribution is 2.39. The van der Waals surface area contributed by atoms with E-state index >= 15 is 0 Å². The van der Waals surface area contributed by atoms with Crippen molar-refractivity contribution in [1.29, 1.82) is 0 Å². The Balaban J connectivity index is 1.37. The van der Waals surface area contributed by atoms with Crippen LogP contribution in [0.15, 0.2) is 30.3 Å². The molecule has 3 heterocycles. The number of hydrogen-bond donors (Lipinski definition) is 1. The van der Waals surface area contributed by atoms with Crippen LogP contribution in [0, 0.1) is 5.41 Å². The molecule has 3 fully saturated rings. The van der Waals surface area contributed by atoms with Gasteiger partial charge in [0.05, 0.1) is 12.7 Å². The lowest BCUT2D eigenvalue weighted by molar-refractivity contribution is -0.139. The van der Waals surface area contributed by atoms with E-state index in [-0.39, 0.29) is 23.5 Å². The van der Waals surface area contributed by atoms with Gasteiger partial charge in [0.15, 0.2) is 0 Å². The van der Waals surface area contributed by atoms with E-state index in [2.05, 4.69) is 45.4 Å². The molecule has 3 aliphatic heterocycles. The highest BCUT2D eigenvalue weighted by molar-refractivity contribution is 5.83. The minimum absolute atomic E-state index is 0.0336. The van der Waals surface area contributed by atoms with Crippen LogP contribution in [0.25, 0.3) is 0 Å². The third kappa shape index (κ3) is 3.80. The number of nitrogens with zero attached hydrogens (tertiary/aromatic N) is 2. The van der Waals surface area contributed by atoms with Gasteiger partial charge in [-0.25, -0.2) is 0 Å². The normalized spacial score (nSPS) is 32.9. The summed E-state index contributed by atoms with van der Waals surface area (Å²) in [4.78, 5) is 17.7. The van der Waals surface area contributed by atoms with E-state index < -0.39 is 0 Å². The number of carbonyl (C=O) groups excluding carboxylic acids is 1. The van der Waals surface area contributed by atoms with Gasteiger partial charge in [-0.2, -0.15) is 0 Å². The molecular weight excluding hydrogens is 326 g/mol. The summed E-state index contributed by atoms with van der Waals surface area (Å²) in [5.74, 6) is 0.231. The molecule has 26 heavy (non-hydrogen) atoms. The number of benzene rings is 1. The Kier molecular flexibility index (Phi) is 5.30. The summed E-state index contributed by atoms with van der Waals surface area (Å²) in [7, 11) is 0. The zero-order chi connectivity index (χ0) is 18.0. The highest BCUT2D eigenvalue weighted by Gasteiger charge is 2.44. The maximum Gasteiger partial charge on any atom is 0.242 e. The highest BCUT2D eigenvalue weighted by atomic mass is 16.5. The van der Waals surface area contributed by atoms with E-state index in [1.54, 1.807) is 0 Å². The number of piperidine rings is 1. The molecule has 0 radical (unpaired) electrons. The predicted octanol–water partition coefficient (Wildman–Crippen LogP) is 1.88. The topological polar surface area (TPSA) is 44.8 Å². The number of rotatable bonds is 3. The van der Waals surface area contributed by atoms with Crippen molar-refractivity contribution in [2.24, 2.45) is 5.41 Å². The van der Waals surface area contributed by atoms with Gasteiger partial charge in [-0.1, -0.05) is 30.3 Å². The molecule has 5 nitrogen and oxygen atoms in total. The van der Waals surface area contributed by atoms with Crippen molar-refractivity contribution in [3.8, 4) is 0 Å². The number of carbonyl (C=O) groups is 1. The summed E-state index contributed by atoms with van der Waals surface area (Å²) in [6.45, 7) is 8.56. The zero-order valence-electron chi connectivity index (χ0n) is 15.8. The molecule has 1 unspecified atom stereocenters. The predicted molar refractivity (Wildman–Crippen MR) is 102 cm³/mol. The van der Waals surface area contributed by atoms with Crippen LogP contribution in [-0.2, 0) is 16.1 Å². The minimum atomic E-state index is -0.178. The summed E-state index contributed by atoms with van der Waals surface area (Å²) >= 11 is 0. The Morgan fingerprint density at radius 1 is 1.23 bits per heavy atom. The first-order valence-corrected chi connectivity index (χ1v) is 10.1. The Bertz CT molecular complexity index is 623. The molecule has 3 aliphatic rings. The second-order valence-electron chi connectivity index (χ2n) is 8.32. The Morgan fingerprint density at radius 2 is 2.08 bits per heavy atom. The molecule has 0 aliphatic carbocycles.